The highest BCUT2D eigenvalue weighted by molar-refractivity contribution is 6.26. The van der Waals surface area contributed by atoms with Crippen LogP contribution in [0.5, 0.6) is 0 Å². The number of hydrogen-bond acceptors (Lipinski definition) is 0. The Kier molecular flexibility index (Phi) is 3.26. The topological polar surface area (TPSA) is 0 Å². The van der Waals surface area contributed by atoms with Crippen LogP contribution in [0.4, 0.5) is 8.78 Å². The Bertz CT molecular complexity index is 47.0. The SMILES string of the molecule is CCC(F)[C](F)Cl. The highest BCUT2D eigenvalue weighted by Gasteiger charge is 2.15. The van der Waals surface area contributed by atoms with Crippen molar-refractivity contribution in [2.45, 2.75) is 19.5 Å². The second-order valence-electron chi connectivity index (χ2n) is 1.17. The van der Waals surface area contributed by atoms with Crippen molar-refractivity contribution in [3.63, 3.8) is 0 Å². The first-order chi connectivity index (χ1) is 3.18. The molecule has 0 aromatic carbocycles. The zero-order chi connectivity index (χ0) is 5.86. The largest absolute Gasteiger partial charge is 0.264 e. The van der Waals surface area contributed by atoms with Gasteiger partial charge in [-0.3, -0.25) is 0 Å². The molecule has 1 radical (unpaired) electrons. The summed E-state index contributed by atoms with van der Waals surface area (Å²) in [5.74, 6) is 0. The lowest BCUT2D eigenvalue weighted by Gasteiger charge is -1.98. The van der Waals surface area contributed by atoms with Crippen molar-refractivity contribution in [2.24, 2.45) is 0 Å². The van der Waals surface area contributed by atoms with Crippen LogP contribution in [0.25, 0.3) is 0 Å². The van der Waals surface area contributed by atoms with Crippen LogP contribution in [-0.2, 0) is 0 Å². The number of hydrogen-bond donors (Lipinski definition) is 0. The Balaban J connectivity index is 3.14. The lowest BCUT2D eigenvalue weighted by Crippen LogP contribution is -1.99. The molecule has 3 heteroatoms. The van der Waals surface area contributed by atoms with E-state index in [4.69, 9.17) is 0 Å². The Hall–Kier alpha value is 0.150. The molecule has 0 N–H and O–H groups in total. The average molecular weight is 128 g/mol. The molecule has 0 heterocycles. The zero-order valence-electron chi connectivity index (χ0n) is 3.92. The number of halogens is 3. The molecule has 0 saturated heterocycles. The number of rotatable bonds is 2. The van der Waals surface area contributed by atoms with Gasteiger partial charge in [-0.15, -0.1) is 0 Å². The monoisotopic (exact) mass is 127 g/mol. The van der Waals surface area contributed by atoms with Gasteiger partial charge in [0, 0.05) is 0 Å². The van der Waals surface area contributed by atoms with E-state index >= 15 is 0 Å². The van der Waals surface area contributed by atoms with Crippen LogP contribution in [0.1, 0.15) is 13.3 Å². The Morgan fingerprint density at radius 2 is 2.29 bits per heavy atom. The van der Waals surface area contributed by atoms with Gasteiger partial charge >= 0.3 is 0 Å². The van der Waals surface area contributed by atoms with Crippen LogP contribution in [0.2, 0.25) is 0 Å². The Morgan fingerprint density at radius 3 is 2.29 bits per heavy atom. The summed E-state index contributed by atoms with van der Waals surface area (Å²) in [7, 11) is 0. The molecular formula is C4H6ClF2. The van der Waals surface area contributed by atoms with Crippen molar-refractivity contribution in [3.05, 3.63) is 5.63 Å². The predicted molar refractivity (Wildman–Crippen MR) is 25.4 cm³/mol. The van der Waals surface area contributed by atoms with Crippen LogP contribution in [0.15, 0.2) is 0 Å². The van der Waals surface area contributed by atoms with Crippen molar-refractivity contribution in [2.75, 3.05) is 0 Å². The second-order valence-corrected chi connectivity index (χ2v) is 1.53. The molecule has 0 aliphatic heterocycles. The van der Waals surface area contributed by atoms with Gasteiger partial charge in [0.2, 0.25) is 0 Å². The first-order valence-corrected chi connectivity index (χ1v) is 2.38. The fraction of sp³-hybridized carbons (Fsp3) is 0.750. The van der Waals surface area contributed by atoms with Gasteiger partial charge in [0.1, 0.15) is 0 Å². The molecule has 0 aliphatic rings. The summed E-state index contributed by atoms with van der Waals surface area (Å²) in [6.07, 6.45) is -1.48. The molecule has 7 heavy (non-hydrogen) atoms. The summed E-state index contributed by atoms with van der Waals surface area (Å²) in [6, 6.07) is 0. The lowest BCUT2D eigenvalue weighted by atomic mass is 10.3. The van der Waals surface area contributed by atoms with Crippen molar-refractivity contribution >= 4 is 11.6 Å². The molecule has 43 valence electrons. The molecular weight excluding hydrogens is 121 g/mol. The minimum atomic E-state index is -1.58. The maximum atomic E-state index is 11.7. The molecule has 0 amide bonds. The molecule has 0 saturated carbocycles. The summed E-state index contributed by atoms with van der Waals surface area (Å²) in [6.45, 7) is 1.52. The maximum absolute atomic E-state index is 11.7. The second kappa shape index (κ2) is 3.19. The van der Waals surface area contributed by atoms with E-state index in [1.165, 1.54) is 6.92 Å². The van der Waals surface area contributed by atoms with E-state index in [-0.39, 0.29) is 6.42 Å². The van der Waals surface area contributed by atoms with Gasteiger partial charge in [-0.05, 0) is 6.42 Å². The molecule has 0 nitrogen and oxygen atoms in total. The first kappa shape index (κ1) is 7.15. The molecule has 0 bridgehead atoms. The molecule has 0 aromatic rings. The van der Waals surface area contributed by atoms with E-state index in [9.17, 15) is 8.78 Å². The minimum absolute atomic E-state index is 0.106. The fourth-order valence-corrected chi connectivity index (χ4v) is 0.309. The summed E-state index contributed by atoms with van der Waals surface area (Å²) in [4.78, 5) is 0. The molecule has 0 fully saturated rings. The highest BCUT2D eigenvalue weighted by atomic mass is 35.5. The highest BCUT2D eigenvalue weighted by Crippen LogP contribution is 2.18. The van der Waals surface area contributed by atoms with Crippen molar-refractivity contribution in [3.8, 4) is 0 Å². The van der Waals surface area contributed by atoms with E-state index in [0.29, 0.717) is 0 Å². The normalized spacial score (nSPS) is 15.0. The molecule has 0 aromatic heterocycles. The van der Waals surface area contributed by atoms with Gasteiger partial charge in [0.05, 0.1) is 0 Å². The van der Waals surface area contributed by atoms with Gasteiger partial charge in [0.15, 0.2) is 6.17 Å². The third-order valence-electron chi connectivity index (χ3n) is 0.595. The third kappa shape index (κ3) is 2.80. The van der Waals surface area contributed by atoms with E-state index in [1.54, 1.807) is 0 Å². The molecule has 0 spiro atoms. The van der Waals surface area contributed by atoms with Gasteiger partial charge in [0.25, 0.3) is 5.63 Å². The molecule has 1 atom stereocenters. The molecule has 1 unspecified atom stereocenters. The summed E-state index contributed by atoms with van der Waals surface area (Å²) in [5.41, 5.74) is -1.15. The minimum Gasteiger partial charge on any atom is -0.242 e. The van der Waals surface area contributed by atoms with Crippen LogP contribution >= 0.6 is 11.6 Å². The van der Waals surface area contributed by atoms with Crippen molar-refractivity contribution < 1.29 is 8.78 Å². The van der Waals surface area contributed by atoms with Gasteiger partial charge in [-0.1, -0.05) is 18.5 Å². The summed E-state index contributed by atoms with van der Waals surface area (Å²) in [5, 5.41) is 0. The quantitative estimate of drug-likeness (QED) is 0.535. The smallest absolute Gasteiger partial charge is 0.242 e. The first-order valence-electron chi connectivity index (χ1n) is 2.00. The zero-order valence-corrected chi connectivity index (χ0v) is 4.67. The van der Waals surface area contributed by atoms with E-state index in [1.807, 2.05) is 0 Å². The lowest BCUT2D eigenvalue weighted by molar-refractivity contribution is 0.292. The van der Waals surface area contributed by atoms with Gasteiger partial charge in [-0.2, -0.15) is 0 Å². The van der Waals surface area contributed by atoms with E-state index < -0.39 is 11.8 Å². The fourth-order valence-electron chi connectivity index (χ4n) is 0.154. The summed E-state index contributed by atoms with van der Waals surface area (Å²) >= 11 is 4.60. The van der Waals surface area contributed by atoms with Gasteiger partial charge < -0.3 is 0 Å². The van der Waals surface area contributed by atoms with Crippen LogP contribution < -0.4 is 0 Å². The average Bonchev–Trinajstić information content (AvgIpc) is 1.65. The summed E-state index contributed by atoms with van der Waals surface area (Å²) < 4.78 is 23.1. The van der Waals surface area contributed by atoms with Gasteiger partial charge in [-0.25, -0.2) is 8.78 Å². The van der Waals surface area contributed by atoms with E-state index in [0.717, 1.165) is 0 Å². The van der Waals surface area contributed by atoms with Crippen LogP contribution in [0.3, 0.4) is 0 Å². The third-order valence-corrected chi connectivity index (χ3v) is 0.832. The maximum Gasteiger partial charge on any atom is 0.264 e. The molecule has 0 rings (SSSR count). The Labute approximate surface area is 46.5 Å². The van der Waals surface area contributed by atoms with E-state index in [2.05, 4.69) is 11.6 Å². The van der Waals surface area contributed by atoms with Crippen LogP contribution in [-0.4, -0.2) is 6.17 Å². The van der Waals surface area contributed by atoms with Crippen molar-refractivity contribution in [1.29, 1.82) is 0 Å². The number of alkyl halides is 1. The van der Waals surface area contributed by atoms with Crippen LogP contribution in [0, 0.1) is 5.63 Å². The Morgan fingerprint density at radius 1 is 1.86 bits per heavy atom. The van der Waals surface area contributed by atoms with Crippen molar-refractivity contribution in [1.82, 2.24) is 0 Å². The predicted octanol–water partition coefficient (Wildman–Crippen LogP) is 2.43. The molecule has 0 aliphatic carbocycles. The standard InChI is InChI=1S/C4H6ClF2/c1-2-3(6)4(5)7/h3H,2H2,1H3.